The summed E-state index contributed by atoms with van der Waals surface area (Å²) in [6.07, 6.45) is 1.89. The van der Waals surface area contributed by atoms with E-state index in [1.807, 2.05) is 10.9 Å². The van der Waals surface area contributed by atoms with Crippen molar-refractivity contribution in [2.45, 2.75) is 18.9 Å². The fourth-order valence-electron chi connectivity index (χ4n) is 6.05. The van der Waals surface area contributed by atoms with Gasteiger partial charge in [-0.3, -0.25) is 4.90 Å². The predicted octanol–water partition coefficient (Wildman–Crippen LogP) is 4.46. The molecule has 5 heteroatoms. The topological polar surface area (TPSA) is 41.3 Å². The number of nitrogens with zero attached hydrogens (tertiary/aromatic N) is 3. The molecule has 0 radical (unpaired) electrons. The van der Waals surface area contributed by atoms with Gasteiger partial charge in [-0.1, -0.05) is 30.3 Å². The van der Waals surface area contributed by atoms with Crippen LogP contribution in [-0.2, 0) is 12.0 Å². The number of fused-ring (bicyclic) bond motifs is 2. The summed E-state index contributed by atoms with van der Waals surface area (Å²) in [6, 6.07) is 21.5. The maximum Gasteiger partial charge on any atom is 0.123 e. The van der Waals surface area contributed by atoms with E-state index in [1.165, 1.54) is 28.8 Å². The molecular weight excluding hydrogens is 401 g/mol. The number of aryl methyl sites for hydroxylation is 1. The van der Waals surface area contributed by atoms with Crippen molar-refractivity contribution >= 4 is 10.9 Å². The number of aliphatic hydroxyl groups excluding tert-OH is 1. The smallest absolute Gasteiger partial charge is 0.123 e. The number of halogens is 1. The summed E-state index contributed by atoms with van der Waals surface area (Å²) in [5.41, 5.74) is 5.77. The van der Waals surface area contributed by atoms with Gasteiger partial charge in [-0.2, -0.15) is 5.10 Å². The molecule has 2 heterocycles. The van der Waals surface area contributed by atoms with Crippen molar-refractivity contribution in [2.75, 3.05) is 19.7 Å². The molecule has 1 aliphatic carbocycles. The lowest BCUT2D eigenvalue weighted by atomic mass is 9.88. The molecule has 4 nitrogen and oxygen atoms in total. The summed E-state index contributed by atoms with van der Waals surface area (Å²) in [6.45, 7) is 5.33. The van der Waals surface area contributed by atoms with E-state index in [2.05, 4.69) is 59.4 Å². The van der Waals surface area contributed by atoms with Gasteiger partial charge in [-0.15, -0.1) is 0 Å². The molecule has 0 unspecified atom stereocenters. The van der Waals surface area contributed by atoms with Crippen molar-refractivity contribution in [3.05, 3.63) is 95.4 Å². The number of hydrogen-bond acceptors (Lipinski definition) is 3. The molecule has 2 fully saturated rings. The molecule has 32 heavy (non-hydrogen) atoms. The van der Waals surface area contributed by atoms with Crippen LogP contribution >= 0.6 is 0 Å². The number of likely N-dealkylation sites (tertiary alicyclic amines) is 1. The van der Waals surface area contributed by atoms with Crippen LogP contribution in [0.5, 0.6) is 0 Å². The molecule has 162 valence electrons. The quantitative estimate of drug-likeness (QED) is 0.511. The summed E-state index contributed by atoms with van der Waals surface area (Å²) < 4.78 is 15.2. The molecule has 3 atom stereocenters. The molecule has 1 aromatic heterocycles. The zero-order chi connectivity index (χ0) is 21.9. The van der Waals surface area contributed by atoms with Crippen molar-refractivity contribution < 1.29 is 9.50 Å². The van der Waals surface area contributed by atoms with Gasteiger partial charge in [0.25, 0.3) is 0 Å². The zero-order valence-corrected chi connectivity index (χ0v) is 18.1. The third-order valence-electron chi connectivity index (χ3n) is 7.57. The number of aromatic nitrogens is 2. The van der Waals surface area contributed by atoms with E-state index in [-0.39, 0.29) is 17.8 Å². The molecule has 1 aliphatic heterocycles. The van der Waals surface area contributed by atoms with Crippen molar-refractivity contribution in [3.63, 3.8) is 0 Å². The number of aliphatic hydroxyl groups is 1. The standard InChI is InChI=1S/C27H26FN3O/c1-18-11-26-20(13-29-31(26)22-9-7-21(28)8-10-22)12-23(18)27-17-30(15-24(27)25(27)16-32)14-19-5-3-2-4-6-19/h2-13,24-25,32H,14-17H2,1H3/t24-,25-,27+/m1/s1. The third-order valence-corrected chi connectivity index (χ3v) is 7.57. The second-order valence-corrected chi connectivity index (χ2v) is 9.35. The molecule has 1 N–H and O–H groups in total. The van der Waals surface area contributed by atoms with Crippen LogP contribution in [0.15, 0.2) is 72.9 Å². The highest BCUT2D eigenvalue weighted by Crippen LogP contribution is 2.64. The Morgan fingerprint density at radius 3 is 2.62 bits per heavy atom. The fourth-order valence-corrected chi connectivity index (χ4v) is 6.05. The van der Waals surface area contributed by atoms with Crippen LogP contribution in [0.2, 0.25) is 0 Å². The first-order valence-electron chi connectivity index (χ1n) is 11.2. The largest absolute Gasteiger partial charge is 0.396 e. The average molecular weight is 428 g/mol. The van der Waals surface area contributed by atoms with Gasteiger partial charge >= 0.3 is 0 Å². The lowest BCUT2D eigenvalue weighted by molar-refractivity contribution is 0.210. The van der Waals surface area contributed by atoms with Crippen molar-refractivity contribution in [1.29, 1.82) is 0 Å². The van der Waals surface area contributed by atoms with Gasteiger partial charge in [-0.25, -0.2) is 9.07 Å². The highest BCUT2D eigenvalue weighted by Gasteiger charge is 2.69. The van der Waals surface area contributed by atoms with E-state index < -0.39 is 0 Å². The normalized spacial score (nSPS) is 24.7. The zero-order valence-electron chi connectivity index (χ0n) is 18.1. The predicted molar refractivity (Wildman–Crippen MR) is 123 cm³/mol. The Morgan fingerprint density at radius 1 is 1.09 bits per heavy atom. The average Bonchev–Trinajstić information content (AvgIpc) is 3.07. The van der Waals surface area contributed by atoms with E-state index >= 15 is 0 Å². The maximum absolute atomic E-state index is 13.4. The molecule has 1 saturated carbocycles. The monoisotopic (exact) mass is 427 g/mol. The molecule has 0 spiro atoms. The molecule has 1 saturated heterocycles. The number of rotatable bonds is 5. The lowest BCUT2D eigenvalue weighted by Gasteiger charge is -2.25. The minimum Gasteiger partial charge on any atom is -0.396 e. The minimum atomic E-state index is -0.251. The highest BCUT2D eigenvalue weighted by atomic mass is 19.1. The summed E-state index contributed by atoms with van der Waals surface area (Å²) in [7, 11) is 0. The molecule has 0 amide bonds. The van der Waals surface area contributed by atoms with Crippen LogP contribution in [0.3, 0.4) is 0 Å². The molecular formula is C27H26FN3O. The number of benzene rings is 3. The van der Waals surface area contributed by atoms with Crippen molar-refractivity contribution in [3.8, 4) is 5.69 Å². The number of piperidine rings is 1. The van der Waals surface area contributed by atoms with E-state index in [0.29, 0.717) is 11.8 Å². The van der Waals surface area contributed by atoms with Crippen LogP contribution in [-0.4, -0.2) is 39.5 Å². The van der Waals surface area contributed by atoms with Gasteiger partial charge in [0.05, 0.1) is 17.4 Å². The Hall–Kier alpha value is -3.02. The first-order valence-corrected chi connectivity index (χ1v) is 11.2. The van der Waals surface area contributed by atoms with Gasteiger partial charge in [0.1, 0.15) is 5.82 Å². The molecule has 2 aliphatic rings. The van der Waals surface area contributed by atoms with Crippen LogP contribution in [0.1, 0.15) is 16.7 Å². The van der Waals surface area contributed by atoms with E-state index in [9.17, 15) is 9.50 Å². The van der Waals surface area contributed by atoms with Gasteiger partial charge in [-0.05, 0) is 71.8 Å². The van der Waals surface area contributed by atoms with Gasteiger partial charge in [0.2, 0.25) is 0 Å². The number of hydrogen-bond donors (Lipinski definition) is 1. The van der Waals surface area contributed by atoms with Gasteiger partial charge in [0, 0.05) is 37.0 Å². The summed E-state index contributed by atoms with van der Waals surface area (Å²) >= 11 is 0. The Bertz CT molecular complexity index is 1280. The first kappa shape index (κ1) is 19.6. The van der Waals surface area contributed by atoms with E-state index in [0.717, 1.165) is 36.2 Å². The van der Waals surface area contributed by atoms with Crippen LogP contribution in [0.25, 0.3) is 16.6 Å². The van der Waals surface area contributed by atoms with Crippen LogP contribution in [0, 0.1) is 24.6 Å². The molecule has 4 aromatic rings. The van der Waals surface area contributed by atoms with Crippen molar-refractivity contribution in [2.24, 2.45) is 11.8 Å². The lowest BCUT2D eigenvalue weighted by Crippen LogP contribution is -2.30. The third kappa shape index (κ3) is 2.92. The van der Waals surface area contributed by atoms with Crippen LogP contribution < -0.4 is 0 Å². The Kier molecular flexibility index (Phi) is 4.46. The Morgan fingerprint density at radius 2 is 1.88 bits per heavy atom. The summed E-state index contributed by atoms with van der Waals surface area (Å²) in [5, 5.41) is 15.8. The first-order chi connectivity index (χ1) is 15.6. The Balaban J connectivity index is 1.35. The minimum absolute atomic E-state index is 0.0137. The molecule has 3 aromatic carbocycles. The highest BCUT2D eigenvalue weighted by molar-refractivity contribution is 5.83. The van der Waals surface area contributed by atoms with E-state index in [1.54, 1.807) is 12.1 Å². The van der Waals surface area contributed by atoms with Crippen molar-refractivity contribution in [1.82, 2.24) is 14.7 Å². The van der Waals surface area contributed by atoms with Crippen LogP contribution in [0.4, 0.5) is 4.39 Å². The summed E-state index contributed by atoms with van der Waals surface area (Å²) in [5.74, 6) is 0.552. The van der Waals surface area contributed by atoms with Gasteiger partial charge < -0.3 is 5.11 Å². The fraction of sp³-hybridized carbons (Fsp3) is 0.296. The van der Waals surface area contributed by atoms with Gasteiger partial charge in [0.15, 0.2) is 0 Å². The molecule has 0 bridgehead atoms. The second-order valence-electron chi connectivity index (χ2n) is 9.35. The Labute approximate surface area is 186 Å². The second kappa shape index (κ2) is 7.26. The molecule has 6 rings (SSSR count). The maximum atomic E-state index is 13.4. The summed E-state index contributed by atoms with van der Waals surface area (Å²) in [4.78, 5) is 2.53. The van der Waals surface area contributed by atoms with E-state index in [4.69, 9.17) is 0 Å². The SMILES string of the molecule is Cc1cc2c(cnn2-c2ccc(F)cc2)cc1[C@@]12CN(Cc3ccccc3)C[C@@H]1[C@H]2CO.